The maximum atomic E-state index is 12.3. The zero-order valence-electron chi connectivity index (χ0n) is 12.9. The van der Waals surface area contributed by atoms with Gasteiger partial charge >= 0.3 is 5.97 Å². The Morgan fingerprint density at radius 2 is 2.05 bits per heavy atom. The highest BCUT2D eigenvalue weighted by Gasteiger charge is 2.24. The third-order valence-electron chi connectivity index (χ3n) is 3.54. The van der Waals surface area contributed by atoms with Crippen LogP contribution in [-0.2, 0) is 16.0 Å². The van der Waals surface area contributed by atoms with Crippen molar-refractivity contribution in [1.29, 1.82) is 0 Å². The van der Waals surface area contributed by atoms with Crippen LogP contribution in [0.25, 0.3) is 0 Å². The molecule has 0 saturated carbocycles. The van der Waals surface area contributed by atoms with Gasteiger partial charge in [0.05, 0.1) is 5.92 Å². The van der Waals surface area contributed by atoms with Crippen LogP contribution < -0.4 is 5.32 Å². The molecule has 0 radical (unpaired) electrons. The number of aryl methyl sites for hydroxylation is 1. The van der Waals surface area contributed by atoms with Crippen LogP contribution in [0.1, 0.15) is 17.5 Å². The third-order valence-corrected chi connectivity index (χ3v) is 4.63. The molecular weight excluding hydrogens is 318 g/mol. The van der Waals surface area contributed by atoms with Crippen LogP contribution in [0.3, 0.4) is 0 Å². The van der Waals surface area contributed by atoms with Crippen molar-refractivity contribution in [2.45, 2.75) is 25.8 Å². The fraction of sp³-hybridized carbons (Fsp3) is 0.500. The van der Waals surface area contributed by atoms with E-state index in [0.717, 1.165) is 11.1 Å². The Hall–Kier alpha value is -1.14. The van der Waals surface area contributed by atoms with Crippen molar-refractivity contribution in [3.05, 3.63) is 35.4 Å². The Bertz CT molecular complexity index is 508. The molecule has 22 heavy (non-hydrogen) atoms. The first-order chi connectivity index (χ1) is 10.5. The van der Waals surface area contributed by atoms with Gasteiger partial charge in [-0.3, -0.25) is 4.79 Å². The lowest BCUT2D eigenvalue weighted by Crippen LogP contribution is -2.44. The van der Waals surface area contributed by atoms with E-state index in [-0.39, 0.29) is 11.8 Å². The largest absolute Gasteiger partial charge is 0.480 e. The molecule has 0 aromatic heterocycles. The molecule has 0 heterocycles. The van der Waals surface area contributed by atoms with Gasteiger partial charge in [-0.15, -0.1) is 0 Å². The highest BCUT2D eigenvalue weighted by Crippen LogP contribution is 2.15. The molecule has 0 aliphatic carbocycles. The van der Waals surface area contributed by atoms with E-state index < -0.39 is 12.0 Å². The first kappa shape index (κ1) is 18.9. The fourth-order valence-corrected chi connectivity index (χ4v) is 2.89. The quantitative estimate of drug-likeness (QED) is 0.604. The van der Waals surface area contributed by atoms with E-state index in [9.17, 15) is 14.7 Å². The van der Waals surface area contributed by atoms with Crippen LogP contribution in [0.2, 0.25) is 0 Å². The summed E-state index contributed by atoms with van der Waals surface area (Å²) in [4.78, 5) is 23.6. The van der Waals surface area contributed by atoms with Crippen molar-refractivity contribution < 1.29 is 14.7 Å². The average molecular weight is 341 g/mol. The molecule has 0 spiro atoms. The van der Waals surface area contributed by atoms with Crippen molar-refractivity contribution in [3.8, 4) is 0 Å². The van der Waals surface area contributed by atoms with Crippen molar-refractivity contribution in [1.82, 2.24) is 5.32 Å². The van der Waals surface area contributed by atoms with Crippen LogP contribution in [0.4, 0.5) is 0 Å². The SMILES string of the molecule is CSCC[C@H](NC(=O)C(CS)Cc1ccccc1C)C(=O)O. The Morgan fingerprint density at radius 1 is 1.36 bits per heavy atom. The fourth-order valence-electron chi connectivity index (χ4n) is 2.13. The van der Waals surface area contributed by atoms with Crippen molar-refractivity contribution in [2.24, 2.45) is 5.92 Å². The minimum Gasteiger partial charge on any atom is -0.480 e. The number of rotatable bonds is 9. The Kier molecular flexibility index (Phi) is 8.42. The monoisotopic (exact) mass is 341 g/mol. The summed E-state index contributed by atoms with van der Waals surface area (Å²) in [7, 11) is 0. The van der Waals surface area contributed by atoms with Crippen LogP contribution in [0.15, 0.2) is 24.3 Å². The number of nitrogens with one attached hydrogen (secondary N) is 1. The first-order valence-electron chi connectivity index (χ1n) is 7.17. The number of aliphatic carboxylic acids is 1. The van der Waals surface area contributed by atoms with Crippen LogP contribution >= 0.6 is 24.4 Å². The molecular formula is C16H23NO3S2. The molecule has 0 bridgehead atoms. The summed E-state index contributed by atoms with van der Waals surface area (Å²) in [5.41, 5.74) is 2.21. The number of thioether (sulfide) groups is 1. The Labute approximate surface area is 141 Å². The molecule has 1 unspecified atom stereocenters. The van der Waals surface area contributed by atoms with Crippen molar-refractivity contribution >= 4 is 36.3 Å². The number of carbonyl (C=O) groups excluding carboxylic acids is 1. The standard InChI is InChI=1S/C16H23NO3S2/c1-11-5-3-4-6-12(11)9-13(10-21)15(18)17-14(16(19)20)7-8-22-2/h3-6,13-14,21H,7-10H2,1-2H3,(H,17,18)(H,19,20)/t13?,14-/m0/s1. The van der Waals surface area contributed by atoms with Gasteiger partial charge in [0.2, 0.25) is 5.91 Å². The van der Waals surface area contributed by atoms with E-state index in [2.05, 4.69) is 17.9 Å². The number of benzene rings is 1. The lowest BCUT2D eigenvalue weighted by Gasteiger charge is -2.19. The van der Waals surface area contributed by atoms with Gasteiger partial charge < -0.3 is 10.4 Å². The van der Waals surface area contributed by atoms with Gasteiger partial charge in [0.1, 0.15) is 6.04 Å². The second kappa shape index (κ2) is 9.79. The highest BCUT2D eigenvalue weighted by molar-refractivity contribution is 7.98. The molecule has 122 valence electrons. The number of carbonyl (C=O) groups is 2. The number of hydrogen-bond donors (Lipinski definition) is 3. The molecule has 6 heteroatoms. The summed E-state index contributed by atoms with van der Waals surface area (Å²) in [5, 5.41) is 11.8. The summed E-state index contributed by atoms with van der Waals surface area (Å²) in [6.07, 6.45) is 2.90. The van der Waals surface area contributed by atoms with Gasteiger partial charge in [0.15, 0.2) is 0 Å². The van der Waals surface area contributed by atoms with E-state index in [1.165, 1.54) is 0 Å². The smallest absolute Gasteiger partial charge is 0.326 e. The molecule has 0 aliphatic heterocycles. The molecule has 0 fully saturated rings. The van der Waals surface area contributed by atoms with E-state index in [1.54, 1.807) is 11.8 Å². The zero-order valence-corrected chi connectivity index (χ0v) is 14.6. The molecule has 2 atom stereocenters. The van der Waals surface area contributed by atoms with E-state index in [1.807, 2.05) is 37.4 Å². The van der Waals surface area contributed by atoms with Gasteiger partial charge in [-0.05, 0) is 42.9 Å². The second-order valence-corrected chi connectivity index (χ2v) is 6.54. The number of carboxylic acids is 1. The molecule has 2 N–H and O–H groups in total. The normalized spacial score (nSPS) is 13.4. The maximum Gasteiger partial charge on any atom is 0.326 e. The van der Waals surface area contributed by atoms with E-state index in [0.29, 0.717) is 24.3 Å². The Balaban J connectivity index is 2.71. The van der Waals surface area contributed by atoms with Gasteiger partial charge in [0, 0.05) is 5.75 Å². The molecule has 1 amide bonds. The molecule has 1 rings (SSSR count). The molecule has 0 saturated heterocycles. The lowest BCUT2D eigenvalue weighted by atomic mass is 9.96. The summed E-state index contributed by atoms with van der Waals surface area (Å²) in [6, 6.07) is 7.05. The number of thiol groups is 1. The predicted molar refractivity (Wildman–Crippen MR) is 94.8 cm³/mol. The van der Waals surface area contributed by atoms with Gasteiger partial charge in [-0.25, -0.2) is 4.79 Å². The average Bonchev–Trinajstić information content (AvgIpc) is 2.50. The third kappa shape index (κ3) is 5.93. The molecule has 1 aromatic rings. The molecule has 0 aliphatic rings. The minimum atomic E-state index is -0.990. The van der Waals surface area contributed by atoms with Crippen LogP contribution in [0.5, 0.6) is 0 Å². The number of hydrogen-bond acceptors (Lipinski definition) is 4. The van der Waals surface area contributed by atoms with E-state index in [4.69, 9.17) is 0 Å². The summed E-state index contributed by atoms with van der Waals surface area (Å²) >= 11 is 5.82. The molecule has 4 nitrogen and oxygen atoms in total. The topological polar surface area (TPSA) is 66.4 Å². The van der Waals surface area contributed by atoms with Gasteiger partial charge in [-0.1, -0.05) is 24.3 Å². The lowest BCUT2D eigenvalue weighted by molar-refractivity contribution is -0.142. The number of carboxylic acid groups (broad SMARTS) is 1. The van der Waals surface area contributed by atoms with Crippen molar-refractivity contribution in [2.75, 3.05) is 17.8 Å². The van der Waals surface area contributed by atoms with E-state index >= 15 is 0 Å². The first-order valence-corrected chi connectivity index (χ1v) is 9.19. The summed E-state index contributed by atoms with van der Waals surface area (Å²) in [6.45, 7) is 2.00. The summed E-state index contributed by atoms with van der Waals surface area (Å²) < 4.78 is 0. The molecule has 1 aromatic carbocycles. The second-order valence-electron chi connectivity index (χ2n) is 5.19. The predicted octanol–water partition coefficient (Wildman–Crippen LogP) is 2.41. The zero-order chi connectivity index (χ0) is 16.5. The van der Waals surface area contributed by atoms with Crippen molar-refractivity contribution in [3.63, 3.8) is 0 Å². The maximum absolute atomic E-state index is 12.3. The summed E-state index contributed by atoms with van der Waals surface area (Å²) in [5.74, 6) is -0.487. The van der Waals surface area contributed by atoms with Crippen LogP contribution in [-0.4, -0.2) is 40.8 Å². The minimum absolute atomic E-state index is 0.244. The van der Waals surface area contributed by atoms with Crippen LogP contribution in [0, 0.1) is 12.8 Å². The van der Waals surface area contributed by atoms with Gasteiger partial charge in [0.25, 0.3) is 0 Å². The van der Waals surface area contributed by atoms with Gasteiger partial charge in [-0.2, -0.15) is 24.4 Å². The highest BCUT2D eigenvalue weighted by atomic mass is 32.2. The Morgan fingerprint density at radius 3 is 2.59 bits per heavy atom. The number of amides is 1.